The predicted molar refractivity (Wildman–Crippen MR) is 100 cm³/mol. The van der Waals surface area contributed by atoms with Crippen LogP contribution in [0.4, 0.5) is 18.9 Å². The van der Waals surface area contributed by atoms with Crippen molar-refractivity contribution in [3.63, 3.8) is 0 Å². The molecule has 0 saturated carbocycles. The molecule has 7 nitrogen and oxygen atoms in total. The molecule has 1 fully saturated rings. The monoisotopic (exact) mass is 419 g/mol. The highest BCUT2D eigenvalue weighted by Gasteiger charge is 2.44. The molecule has 1 heterocycles. The van der Waals surface area contributed by atoms with Crippen molar-refractivity contribution in [1.29, 1.82) is 0 Å². The normalized spacial score (nSPS) is 20.4. The molecule has 1 atom stereocenters. The van der Waals surface area contributed by atoms with Gasteiger partial charge in [0.15, 0.2) is 11.6 Å². The Morgan fingerprint density at radius 1 is 1.13 bits per heavy atom. The first kappa shape index (κ1) is 21.0. The molecule has 3 rings (SSSR count). The van der Waals surface area contributed by atoms with Gasteiger partial charge in [0.05, 0.1) is 10.5 Å². The first-order valence-electron chi connectivity index (χ1n) is 8.72. The molecular weight excluding hydrogens is 403 g/mol. The van der Waals surface area contributed by atoms with Crippen LogP contribution in [0.1, 0.15) is 18.1 Å². The van der Waals surface area contributed by atoms with Crippen molar-refractivity contribution >= 4 is 23.6 Å². The van der Waals surface area contributed by atoms with Crippen molar-refractivity contribution in [3.05, 3.63) is 80.8 Å². The number of amides is 2. The van der Waals surface area contributed by atoms with Crippen molar-refractivity contribution in [2.24, 2.45) is 0 Å². The predicted octanol–water partition coefficient (Wildman–Crippen LogP) is 2.94. The van der Waals surface area contributed by atoms with Crippen LogP contribution in [0.15, 0.2) is 42.1 Å². The van der Waals surface area contributed by atoms with E-state index < -0.39 is 51.0 Å². The fraction of sp³-hybridized carbons (Fsp3) is 0.200. The van der Waals surface area contributed by atoms with Crippen LogP contribution in [0.5, 0.6) is 0 Å². The number of benzene rings is 2. The van der Waals surface area contributed by atoms with Gasteiger partial charge in [-0.1, -0.05) is 12.1 Å². The van der Waals surface area contributed by atoms with Gasteiger partial charge in [-0.05, 0) is 36.8 Å². The summed E-state index contributed by atoms with van der Waals surface area (Å²) < 4.78 is 40.9. The summed E-state index contributed by atoms with van der Waals surface area (Å²) in [7, 11) is 1.25. The van der Waals surface area contributed by atoms with Gasteiger partial charge in [-0.15, -0.1) is 0 Å². The number of piperazine rings is 1. The Kier molecular flexibility index (Phi) is 5.34. The van der Waals surface area contributed by atoms with E-state index in [-0.39, 0.29) is 12.1 Å². The molecule has 1 saturated heterocycles. The third kappa shape index (κ3) is 3.76. The van der Waals surface area contributed by atoms with Gasteiger partial charge < -0.3 is 10.2 Å². The molecule has 0 aliphatic carbocycles. The molecule has 30 heavy (non-hydrogen) atoms. The van der Waals surface area contributed by atoms with E-state index in [9.17, 15) is 32.9 Å². The van der Waals surface area contributed by atoms with Crippen molar-refractivity contribution < 1.29 is 27.7 Å². The maximum Gasteiger partial charge on any atom is 0.279 e. The number of halogens is 3. The van der Waals surface area contributed by atoms with Gasteiger partial charge in [-0.3, -0.25) is 19.7 Å². The number of carbonyl (C=O) groups excluding carboxylic acids is 2. The molecular formula is C20H16F3N3O4. The number of carbonyl (C=O) groups is 2. The lowest BCUT2D eigenvalue weighted by atomic mass is 9.88. The summed E-state index contributed by atoms with van der Waals surface area (Å²) in [5.41, 5.74) is -2.71. The van der Waals surface area contributed by atoms with E-state index in [4.69, 9.17) is 0 Å². The topological polar surface area (TPSA) is 92.6 Å². The minimum absolute atomic E-state index is 0.0456. The van der Waals surface area contributed by atoms with Crippen molar-refractivity contribution in [1.82, 2.24) is 10.2 Å². The number of likely N-dealkylation sites (N-methyl/N-ethyl adjacent to an activating group) is 1. The van der Waals surface area contributed by atoms with Crippen LogP contribution in [0.2, 0.25) is 0 Å². The van der Waals surface area contributed by atoms with Gasteiger partial charge in [0.25, 0.3) is 17.5 Å². The van der Waals surface area contributed by atoms with Gasteiger partial charge in [0.2, 0.25) is 0 Å². The lowest BCUT2D eigenvalue weighted by molar-refractivity contribution is -0.385. The quantitative estimate of drug-likeness (QED) is 0.469. The first-order valence-corrected chi connectivity index (χ1v) is 8.72. The maximum atomic E-state index is 14.2. The maximum absolute atomic E-state index is 14.2. The fourth-order valence-electron chi connectivity index (χ4n) is 3.28. The molecule has 0 aromatic heterocycles. The second-order valence-corrected chi connectivity index (χ2v) is 7.03. The number of nitro groups is 1. The minimum atomic E-state index is -1.51. The number of hydrogen-bond acceptors (Lipinski definition) is 4. The lowest BCUT2D eigenvalue weighted by Gasteiger charge is -2.39. The number of nitrogens with one attached hydrogen (secondary N) is 1. The van der Waals surface area contributed by atoms with E-state index in [1.807, 2.05) is 0 Å². The van der Waals surface area contributed by atoms with Gasteiger partial charge in [0, 0.05) is 19.5 Å². The smallest absolute Gasteiger partial charge is 0.279 e. The molecule has 1 aliphatic rings. The third-order valence-corrected chi connectivity index (χ3v) is 4.82. The SMILES string of the molecule is CN1C(=O)C(C)(Cc2ccc(F)cc2)NC(=O)/C1=C\c1c([N+](=O)[O-])ccc(F)c1F. The fourth-order valence-corrected chi connectivity index (χ4v) is 3.28. The van der Waals surface area contributed by atoms with Gasteiger partial charge >= 0.3 is 0 Å². The van der Waals surface area contributed by atoms with Crippen LogP contribution in [0, 0.1) is 27.6 Å². The summed E-state index contributed by atoms with van der Waals surface area (Å²) in [5.74, 6) is -4.69. The summed E-state index contributed by atoms with van der Waals surface area (Å²) in [6.45, 7) is 1.47. The van der Waals surface area contributed by atoms with Crippen LogP contribution >= 0.6 is 0 Å². The number of nitro benzene ring substituents is 1. The molecule has 0 radical (unpaired) electrons. The molecule has 1 unspecified atom stereocenters. The molecule has 1 aliphatic heterocycles. The van der Waals surface area contributed by atoms with Crippen molar-refractivity contribution in [2.45, 2.75) is 18.9 Å². The first-order chi connectivity index (χ1) is 14.0. The largest absolute Gasteiger partial charge is 0.336 e. The second-order valence-electron chi connectivity index (χ2n) is 7.03. The molecule has 1 N–H and O–H groups in total. The van der Waals surface area contributed by atoms with Crippen molar-refractivity contribution in [3.8, 4) is 0 Å². The van der Waals surface area contributed by atoms with Crippen LogP contribution < -0.4 is 5.32 Å². The van der Waals surface area contributed by atoms with Crippen LogP contribution in [-0.2, 0) is 16.0 Å². The van der Waals surface area contributed by atoms with E-state index >= 15 is 0 Å². The zero-order chi connectivity index (χ0) is 22.2. The average Bonchev–Trinajstić information content (AvgIpc) is 2.68. The van der Waals surface area contributed by atoms with E-state index in [1.54, 1.807) is 0 Å². The standard InChI is InChI=1S/C20H16F3N3O4/c1-20(10-11-3-5-12(21)6-4-11)19(28)25(2)16(18(27)24-20)9-13-15(26(29)30)8-7-14(22)17(13)23/h3-9H,10H2,1-2H3,(H,24,27)/b16-9+. The van der Waals surface area contributed by atoms with E-state index in [2.05, 4.69) is 5.32 Å². The summed E-state index contributed by atoms with van der Waals surface area (Å²) in [6, 6.07) is 6.74. The second kappa shape index (κ2) is 7.62. The highest BCUT2D eigenvalue weighted by atomic mass is 19.2. The number of hydrogen-bond donors (Lipinski definition) is 1. The number of rotatable bonds is 4. The average molecular weight is 419 g/mol. The molecule has 2 aromatic rings. The van der Waals surface area contributed by atoms with Crippen molar-refractivity contribution in [2.75, 3.05) is 7.05 Å². The molecule has 10 heteroatoms. The Morgan fingerprint density at radius 3 is 2.37 bits per heavy atom. The Balaban J connectivity index is 1.99. The molecule has 2 aromatic carbocycles. The third-order valence-electron chi connectivity index (χ3n) is 4.82. The Labute approximate surface area is 168 Å². The molecule has 2 amide bonds. The highest BCUT2D eigenvalue weighted by Crippen LogP contribution is 2.30. The Bertz CT molecular complexity index is 1090. The summed E-state index contributed by atoms with van der Waals surface area (Å²) in [4.78, 5) is 36.8. The van der Waals surface area contributed by atoms with Crippen LogP contribution in [0.3, 0.4) is 0 Å². The van der Waals surface area contributed by atoms with Crippen LogP contribution in [-0.4, -0.2) is 34.2 Å². The van der Waals surface area contributed by atoms with Gasteiger partial charge in [0.1, 0.15) is 17.1 Å². The summed E-state index contributed by atoms with van der Waals surface area (Å²) in [5, 5.41) is 13.7. The summed E-state index contributed by atoms with van der Waals surface area (Å²) >= 11 is 0. The van der Waals surface area contributed by atoms with Gasteiger partial charge in [-0.2, -0.15) is 0 Å². The van der Waals surface area contributed by atoms with E-state index in [1.165, 1.54) is 38.2 Å². The number of nitrogens with zero attached hydrogens (tertiary/aromatic N) is 2. The van der Waals surface area contributed by atoms with Gasteiger partial charge in [-0.25, -0.2) is 13.2 Å². The summed E-state index contributed by atoms with van der Waals surface area (Å²) in [6.07, 6.45) is 0.811. The highest BCUT2D eigenvalue weighted by molar-refractivity contribution is 6.09. The zero-order valence-corrected chi connectivity index (χ0v) is 15.9. The lowest BCUT2D eigenvalue weighted by Crippen LogP contribution is -2.64. The Morgan fingerprint density at radius 2 is 1.77 bits per heavy atom. The molecule has 0 bridgehead atoms. The minimum Gasteiger partial charge on any atom is -0.336 e. The molecule has 156 valence electrons. The van der Waals surface area contributed by atoms with E-state index in [0.29, 0.717) is 11.6 Å². The zero-order valence-electron chi connectivity index (χ0n) is 15.9. The molecule has 0 spiro atoms. The Hall–Kier alpha value is -3.69. The van der Waals surface area contributed by atoms with E-state index in [0.717, 1.165) is 17.0 Å². The van der Waals surface area contributed by atoms with Crippen LogP contribution in [0.25, 0.3) is 6.08 Å².